The molecular formula is C44H85NO9S. The summed E-state index contributed by atoms with van der Waals surface area (Å²) in [5.41, 5.74) is 0. The zero-order valence-corrected chi connectivity index (χ0v) is 36.7. The molecule has 0 aliphatic rings. The average molecular weight is 804 g/mol. The van der Waals surface area contributed by atoms with Gasteiger partial charge in [-0.2, -0.15) is 0 Å². The largest absolute Gasteiger partial charge is 0.726 e. The lowest BCUT2D eigenvalue weighted by molar-refractivity contribution is -0.910. The molecule has 0 aliphatic carbocycles. The first-order chi connectivity index (χ1) is 26.5. The van der Waals surface area contributed by atoms with Crippen LogP contribution in [-0.2, 0) is 33.6 Å². The molecule has 10 nitrogen and oxygen atoms in total. The number of ether oxygens (including phenoxy) is 2. The first kappa shape index (κ1) is 55.3. The van der Waals surface area contributed by atoms with Crippen LogP contribution in [0.3, 0.4) is 0 Å². The van der Waals surface area contributed by atoms with Crippen LogP contribution in [0.15, 0.2) is 24.3 Å². The molecule has 0 aromatic heterocycles. The van der Waals surface area contributed by atoms with Gasteiger partial charge in [0.2, 0.25) is 10.4 Å². The number of esters is 2. The Morgan fingerprint density at radius 3 is 1.13 bits per heavy atom. The van der Waals surface area contributed by atoms with Gasteiger partial charge in [0, 0.05) is 12.8 Å². The maximum Gasteiger partial charge on any atom is 0.305 e. The Hall–Kier alpha value is -1.79. The summed E-state index contributed by atoms with van der Waals surface area (Å²) >= 11 is 0. The third kappa shape index (κ3) is 46.5. The smallest absolute Gasteiger partial charge is 0.305 e. The lowest BCUT2D eigenvalue weighted by atomic mass is 10.1. The highest BCUT2D eigenvalue weighted by atomic mass is 32.3. The number of rotatable bonds is 39. The van der Waals surface area contributed by atoms with Crippen molar-refractivity contribution in [3.05, 3.63) is 24.3 Å². The van der Waals surface area contributed by atoms with Crippen LogP contribution in [0.4, 0.5) is 0 Å². The fourth-order valence-corrected chi connectivity index (χ4v) is 6.16. The Morgan fingerprint density at radius 1 is 0.545 bits per heavy atom. The highest BCUT2D eigenvalue weighted by Crippen LogP contribution is 2.12. The van der Waals surface area contributed by atoms with Crippen molar-refractivity contribution in [2.24, 2.45) is 0 Å². The van der Waals surface area contributed by atoms with Crippen LogP contribution in [-0.4, -0.2) is 88.1 Å². The number of aliphatic hydroxyl groups excluding tert-OH is 1. The molecule has 0 amide bonds. The van der Waals surface area contributed by atoms with Crippen LogP contribution in [0.25, 0.3) is 0 Å². The summed E-state index contributed by atoms with van der Waals surface area (Å²) in [7, 11) is -1.58. The van der Waals surface area contributed by atoms with E-state index in [1.165, 1.54) is 141 Å². The molecule has 0 unspecified atom stereocenters. The molecular weight excluding hydrogens is 719 g/mol. The Balaban J connectivity index is 0. The van der Waals surface area contributed by atoms with Gasteiger partial charge >= 0.3 is 11.9 Å². The van der Waals surface area contributed by atoms with Crippen molar-refractivity contribution in [3.8, 4) is 0 Å². The lowest BCUT2D eigenvalue weighted by Crippen LogP contribution is -2.50. The minimum atomic E-state index is -4.41. The fraction of sp³-hybridized carbons (Fsp3) is 0.864. The maximum atomic E-state index is 12.2. The molecule has 0 rings (SSSR count). The third-order valence-electron chi connectivity index (χ3n) is 9.92. The number of aliphatic hydroxyl groups is 1. The predicted molar refractivity (Wildman–Crippen MR) is 225 cm³/mol. The van der Waals surface area contributed by atoms with E-state index >= 15 is 0 Å². The molecule has 0 saturated heterocycles. The fourth-order valence-electron chi connectivity index (χ4n) is 6.16. The normalized spacial score (nSPS) is 12.0. The Labute approximate surface area is 338 Å². The molecule has 0 fully saturated rings. The number of carbonyl (C=O) groups is 2. The lowest BCUT2D eigenvalue weighted by Gasteiger charge is -2.33. The van der Waals surface area contributed by atoms with E-state index in [1.54, 1.807) is 0 Å². The van der Waals surface area contributed by atoms with Gasteiger partial charge in [-0.3, -0.25) is 13.8 Å². The standard InChI is InChI=1S/C43H82NO5.CH4O4S/c1-4-6-8-10-12-14-16-18-20-22-24-26-28-30-32-34-42(46)48-40-37-44(3,36-39-45)38-41-49-43(47)35-33-31-29-27-25-23-21-19-17-15-13-11-9-7-5-2;1-5-6(2,3)4/h18-21,45H,4-17,22-41H2,1-3H3;1H3,(H,2,3,4)/q+1;/p-1/b20-18+,21-19+;. The van der Waals surface area contributed by atoms with Crippen molar-refractivity contribution in [2.75, 3.05) is 53.6 Å². The van der Waals surface area contributed by atoms with Crippen LogP contribution in [0, 0.1) is 0 Å². The minimum Gasteiger partial charge on any atom is -0.726 e. The second kappa shape index (κ2) is 41.8. The van der Waals surface area contributed by atoms with E-state index in [9.17, 15) is 27.7 Å². The second-order valence-corrected chi connectivity index (χ2v) is 16.3. The predicted octanol–water partition coefficient (Wildman–Crippen LogP) is 10.7. The molecule has 0 heterocycles. The van der Waals surface area contributed by atoms with Gasteiger partial charge in [0.25, 0.3) is 0 Å². The zero-order valence-electron chi connectivity index (χ0n) is 35.9. The van der Waals surface area contributed by atoms with Crippen molar-refractivity contribution in [1.82, 2.24) is 0 Å². The van der Waals surface area contributed by atoms with Gasteiger partial charge in [-0.05, 0) is 64.2 Å². The Morgan fingerprint density at radius 2 is 0.836 bits per heavy atom. The molecule has 0 atom stereocenters. The van der Waals surface area contributed by atoms with Crippen LogP contribution in [0.2, 0.25) is 0 Å². The highest BCUT2D eigenvalue weighted by Gasteiger charge is 2.22. The Kier molecular flexibility index (Phi) is 42.1. The monoisotopic (exact) mass is 804 g/mol. The summed E-state index contributed by atoms with van der Waals surface area (Å²) in [6.45, 7) is 6.96. The summed E-state index contributed by atoms with van der Waals surface area (Å²) in [6.07, 6.45) is 42.5. The number of hydrogen-bond donors (Lipinski definition) is 1. The van der Waals surface area contributed by atoms with E-state index in [0.29, 0.717) is 50.2 Å². The SMILES string of the molecule is CCCCCCCC/C=C/CCCCCCCC(=O)OCC[N+](C)(CCO)CCOC(=O)CCCCCCC/C=C/CCCCCCCC.COS(=O)(=O)[O-]. The van der Waals surface area contributed by atoms with Crippen LogP contribution in [0.5, 0.6) is 0 Å². The first-order valence-electron chi connectivity index (χ1n) is 22.1. The van der Waals surface area contributed by atoms with Crippen molar-refractivity contribution < 1.29 is 45.8 Å². The molecule has 0 bridgehead atoms. The van der Waals surface area contributed by atoms with Gasteiger partial charge < -0.3 is 23.6 Å². The van der Waals surface area contributed by atoms with E-state index in [-0.39, 0.29) is 18.5 Å². The van der Waals surface area contributed by atoms with E-state index < -0.39 is 10.4 Å². The summed E-state index contributed by atoms with van der Waals surface area (Å²) < 4.78 is 42.6. The minimum absolute atomic E-state index is 0.0439. The average Bonchev–Trinajstić information content (AvgIpc) is 3.15. The van der Waals surface area contributed by atoms with E-state index in [4.69, 9.17) is 9.47 Å². The molecule has 0 saturated carbocycles. The number of quaternary nitrogens is 1. The van der Waals surface area contributed by atoms with E-state index in [2.05, 4.69) is 42.3 Å². The molecule has 326 valence electrons. The van der Waals surface area contributed by atoms with Gasteiger partial charge in [0.15, 0.2) is 0 Å². The summed E-state index contributed by atoms with van der Waals surface area (Å²) in [5.74, 6) is -0.279. The quantitative estimate of drug-likeness (QED) is 0.0161. The number of carbonyl (C=O) groups excluding carboxylic acids is 2. The number of nitrogens with zero attached hydrogens (tertiary/aromatic N) is 1. The van der Waals surface area contributed by atoms with Crippen LogP contribution >= 0.6 is 0 Å². The summed E-state index contributed by atoms with van der Waals surface area (Å²) in [6, 6.07) is 0. The summed E-state index contributed by atoms with van der Waals surface area (Å²) in [5, 5.41) is 9.58. The maximum absolute atomic E-state index is 12.2. The van der Waals surface area contributed by atoms with Crippen molar-refractivity contribution in [3.63, 3.8) is 0 Å². The molecule has 0 spiro atoms. The number of allylic oxidation sites excluding steroid dienone is 4. The summed E-state index contributed by atoms with van der Waals surface area (Å²) in [4.78, 5) is 24.5. The van der Waals surface area contributed by atoms with Crippen molar-refractivity contribution in [2.45, 2.75) is 194 Å². The molecule has 0 aromatic carbocycles. The van der Waals surface area contributed by atoms with Crippen LogP contribution in [0.1, 0.15) is 194 Å². The molecule has 55 heavy (non-hydrogen) atoms. The van der Waals surface area contributed by atoms with Crippen molar-refractivity contribution >= 4 is 22.3 Å². The molecule has 1 N–H and O–H groups in total. The van der Waals surface area contributed by atoms with E-state index in [0.717, 1.165) is 32.8 Å². The topological polar surface area (TPSA) is 139 Å². The highest BCUT2D eigenvalue weighted by molar-refractivity contribution is 7.80. The van der Waals surface area contributed by atoms with Gasteiger partial charge in [0.05, 0.1) is 20.8 Å². The van der Waals surface area contributed by atoms with Gasteiger partial charge in [0.1, 0.15) is 32.8 Å². The third-order valence-corrected chi connectivity index (χ3v) is 10.3. The number of likely N-dealkylation sites (N-methyl/N-ethyl adjacent to an activating group) is 1. The second-order valence-electron chi connectivity index (χ2n) is 15.2. The van der Waals surface area contributed by atoms with E-state index in [1.807, 2.05) is 7.05 Å². The molecule has 0 aliphatic heterocycles. The molecule has 0 aromatic rings. The van der Waals surface area contributed by atoms with Crippen LogP contribution < -0.4 is 0 Å². The van der Waals surface area contributed by atoms with Crippen molar-refractivity contribution in [1.29, 1.82) is 0 Å². The van der Waals surface area contributed by atoms with Gasteiger partial charge in [-0.25, -0.2) is 8.42 Å². The Bertz CT molecular complexity index is 959. The first-order valence-corrected chi connectivity index (χ1v) is 23.4. The molecule has 11 heteroatoms. The molecule has 0 radical (unpaired) electrons. The number of hydrogen-bond acceptors (Lipinski definition) is 9. The van der Waals surface area contributed by atoms with Gasteiger partial charge in [-0.1, -0.05) is 141 Å². The number of unbranched alkanes of at least 4 members (excludes halogenated alkanes) is 22. The van der Waals surface area contributed by atoms with Gasteiger partial charge in [-0.15, -0.1) is 0 Å². The zero-order chi connectivity index (χ0) is 41.1.